The maximum absolute atomic E-state index is 10.8. The van der Waals surface area contributed by atoms with Crippen molar-refractivity contribution >= 4 is 40.9 Å². The Kier molecular flexibility index (Phi) is 4.70. The van der Waals surface area contributed by atoms with Crippen LogP contribution in [0.25, 0.3) is 0 Å². The highest BCUT2D eigenvalue weighted by molar-refractivity contribution is 8.00. The van der Waals surface area contributed by atoms with Gasteiger partial charge in [-0.1, -0.05) is 41.9 Å². The van der Waals surface area contributed by atoms with E-state index in [9.17, 15) is 4.79 Å². The fourth-order valence-corrected chi connectivity index (χ4v) is 2.27. The van der Waals surface area contributed by atoms with Crippen LogP contribution in [0.4, 0.5) is 0 Å². The average Bonchev–Trinajstić information content (AvgIpc) is 2.16. The molecule has 1 aromatic rings. The normalized spacial score (nSPS) is 12.5. The molecule has 3 nitrogen and oxygen atoms in total. The zero-order chi connectivity index (χ0) is 11.4. The van der Waals surface area contributed by atoms with Gasteiger partial charge in [0.2, 0.25) is 0 Å². The standard InChI is InChI=1S/C9H9Cl2NO2S/c1-2-7(9(13)14)15-8-6(11)3-5(10)4-12-8/h3-4,7H,2H2,1H3,(H,13,14). The van der Waals surface area contributed by atoms with Crippen molar-refractivity contribution in [1.29, 1.82) is 0 Å². The lowest BCUT2D eigenvalue weighted by Crippen LogP contribution is -2.14. The van der Waals surface area contributed by atoms with E-state index in [1.54, 1.807) is 13.0 Å². The minimum Gasteiger partial charge on any atom is -0.480 e. The fraction of sp³-hybridized carbons (Fsp3) is 0.333. The number of halogens is 2. The predicted octanol–water partition coefficient (Wildman–Crippen LogP) is 3.34. The van der Waals surface area contributed by atoms with Crippen molar-refractivity contribution in [3.8, 4) is 0 Å². The molecule has 1 unspecified atom stereocenters. The molecule has 1 rings (SSSR count). The van der Waals surface area contributed by atoms with E-state index in [1.807, 2.05) is 0 Å². The molecule has 0 saturated carbocycles. The van der Waals surface area contributed by atoms with Crippen LogP contribution in [0.2, 0.25) is 10.0 Å². The number of carboxylic acids is 1. The monoisotopic (exact) mass is 265 g/mol. The van der Waals surface area contributed by atoms with Crippen molar-refractivity contribution < 1.29 is 9.90 Å². The third kappa shape index (κ3) is 3.55. The summed E-state index contributed by atoms with van der Waals surface area (Å²) in [7, 11) is 0. The van der Waals surface area contributed by atoms with Crippen molar-refractivity contribution in [2.24, 2.45) is 0 Å². The van der Waals surface area contributed by atoms with Gasteiger partial charge in [0.15, 0.2) is 0 Å². The van der Waals surface area contributed by atoms with Crippen molar-refractivity contribution in [1.82, 2.24) is 4.98 Å². The van der Waals surface area contributed by atoms with E-state index in [0.29, 0.717) is 21.5 Å². The molecule has 15 heavy (non-hydrogen) atoms. The van der Waals surface area contributed by atoms with Crippen LogP contribution in [0.3, 0.4) is 0 Å². The molecule has 1 aromatic heterocycles. The van der Waals surface area contributed by atoms with Gasteiger partial charge >= 0.3 is 5.97 Å². The molecule has 6 heteroatoms. The van der Waals surface area contributed by atoms with Gasteiger partial charge in [-0.05, 0) is 12.5 Å². The Morgan fingerprint density at radius 1 is 1.67 bits per heavy atom. The summed E-state index contributed by atoms with van der Waals surface area (Å²) in [6.07, 6.45) is 1.96. The van der Waals surface area contributed by atoms with Gasteiger partial charge in [0.1, 0.15) is 10.3 Å². The van der Waals surface area contributed by atoms with Crippen LogP contribution in [-0.2, 0) is 4.79 Å². The number of carbonyl (C=O) groups is 1. The van der Waals surface area contributed by atoms with Gasteiger partial charge < -0.3 is 5.11 Å². The number of pyridine rings is 1. The van der Waals surface area contributed by atoms with Crippen LogP contribution < -0.4 is 0 Å². The number of aromatic nitrogens is 1. The van der Waals surface area contributed by atoms with Crippen LogP contribution in [0.1, 0.15) is 13.3 Å². The molecular formula is C9H9Cl2NO2S. The summed E-state index contributed by atoms with van der Waals surface area (Å²) in [5, 5.41) is 9.65. The molecule has 0 fully saturated rings. The Hall–Kier alpha value is -0.450. The van der Waals surface area contributed by atoms with Gasteiger partial charge in [-0.15, -0.1) is 0 Å². The Balaban J connectivity index is 2.84. The van der Waals surface area contributed by atoms with E-state index in [-0.39, 0.29) is 0 Å². The number of aliphatic carboxylic acids is 1. The highest BCUT2D eigenvalue weighted by atomic mass is 35.5. The number of hydrogen-bond donors (Lipinski definition) is 1. The first-order valence-electron chi connectivity index (χ1n) is 4.25. The predicted molar refractivity (Wildman–Crippen MR) is 61.8 cm³/mol. The maximum atomic E-state index is 10.8. The van der Waals surface area contributed by atoms with Gasteiger partial charge in [0.25, 0.3) is 0 Å². The third-order valence-corrected chi connectivity index (χ3v) is 3.65. The summed E-state index contributed by atoms with van der Waals surface area (Å²) in [6.45, 7) is 1.80. The molecule has 1 N–H and O–H groups in total. The summed E-state index contributed by atoms with van der Waals surface area (Å²) in [5.74, 6) is -0.865. The zero-order valence-corrected chi connectivity index (χ0v) is 10.2. The van der Waals surface area contributed by atoms with Crippen molar-refractivity contribution in [2.75, 3.05) is 0 Å². The molecule has 0 aliphatic rings. The average molecular weight is 266 g/mol. The minimum absolute atomic E-state index is 0.382. The molecular weight excluding hydrogens is 257 g/mol. The lowest BCUT2D eigenvalue weighted by molar-refractivity contribution is -0.136. The quantitative estimate of drug-likeness (QED) is 0.849. The fourth-order valence-electron chi connectivity index (χ4n) is 0.932. The Morgan fingerprint density at radius 3 is 2.80 bits per heavy atom. The van der Waals surface area contributed by atoms with E-state index < -0.39 is 11.2 Å². The molecule has 0 aromatic carbocycles. The lowest BCUT2D eigenvalue weighted by Gasteiger charge is -2.09. The van der Waals surface area contributed by atoms with Gasteiger partial charge in [0.05, 0.1) is 10.0 Å². The van der Waals surface area contributed by atoms with Crippen LogP contribution >= 0.6 is 35.0 Å². The van der Waals surface area contributed by atoms with E-state index in [1.165, 1.54) is 6.20 Å². The Morgan fingerprint density at radius 2 is 2.33 bits per heavy atom. The number of hydrogen-bond acceptors (Lipinski definition) is 3. The SMILES string of the molecule is CCC(Sc1ncc(Cl)cc1Cl)C(=O)O. The molecule has 1 atom stereocenters. The van der Waals surface area contributed by atoms with Crippen molar-refractivity contribution in [3.05, 3.63) is 22.3 Å². The summed E-state index contributed by atoms with van der Waals surface area (Å²) in [4.78, 5) is 14.8. The van der Waals surface area contributed by atoms with E-state index >= 15 is 0 Å². The van der Waals surface area contributed by atoms with Crippen molar-refractivity contribution in [2.45, 2.75) is 23.6 Å². The Bertz CT molecular complexity index is 373. The van der Waals surface area contributed by atoms with Crippen molar-refractivity contribution in [3.63, 3.8) is 0 Å². The number of thioether (sulfide) groups is 1. The summed E-state index contributed by atoms with van der Waals surface area (Å²) in [5.41, 5.74) is 0. The molecule has 0 bridgehead atoms. The number of carboxylic acid groups (broad SMARTS) is 1. The molecule has 0 aliphatic heterocycles. The van der Waals surface area contributed by atoms with Crippen LogP contribution in [-0.4, -0.2) is 21.3 Å². The van der Waals surface area contributed by atoms with E-state index in [0.717, 1.165) is 11.8 Å². The topological polar surface area (TPSA) is 50.2 Å². The molecule has 0 aliphatic carbocycles. The maximum Gasteiger partial charge on any atom is 0.317 e. The first-order valence-corrected chi connectivity index (χ1v) is 5.88. The minimum atomic E-state index is -0.865. The van der Waals surface area contributed by atoms with Crippen LogP contribution in [0.5, 0.6) is 0 Å². The molecule has 82 valence electrons. The first kappa shape index (κ1) is 12.6. The van der Waals surface area contributed by atoms with Crippen LogP contribution in [0, 0.1) is 0 Å². The molecule has 0 amide bonds. The van der Waals surface area contributed by atoms with Crippen LogP contribution in [0.15, 0.2) is 17.3 Å². The number of rotatable bonds is 4. The van der Waals surface area contributed by atoms with E-state index in [2.05, 4.69) is 4.98 Å². The second-order valence-electron chi connectivity index (χ2n) is 2.79. The second-order valence-corrected chi connectivity index (χ2v) is 4.83. The summed E-state index contributed by atoms with van der Waals surface area (Å²) in [6, 6.07) is 1.55. The van der Waals surface area contributed by atoms with Gasteiger partial charge in [0, 0.05) is 6.20 Å². The summed E-state index contributed by atoms with van der Waals surface area (Å²) < 4.78 is 0. The lowest BCUT2D eigenvalue weighted by atomic mass is 10.3. The second kappa shape index (κ2) is 5.58. The largest absolute Gasteiger partial charge is 0.480 e. The smallest absolute Gasteiger partial charge is 0.317 e. The number of nitrogens with zero attached hydrogens (tertiary/aromatic N) is 1. The highest BCUT2D eigenvalue weighted by Crippen LogP contribution is 2.31. The molecule has 0 radical (unpaired) electrons. The molecule has 1 heterocycles. The molecule has 0 spiro atoms. The Labute approximate surface area is 102 Å². The van der Waals surface area contributed by atoms with Gasteiger partial charge in [-0.25, -0.2) is 4.98 Å². The van der Waals surface area contributed by atoms with Gasteiger partial charge in [-0.3, -0.25) is 4.79 Å². The summed E-state index contributed by atoms with van der Waals surface area (Å²) >= 11 is 12.7. The third-order valence-electron chi connectivity index (χ3n) is 1.67. The molecule has 0 saturated heterocycles. The zero-order valence-electron chi connectivity index (χ0n) is 7.91. The van der Waals surface area contributed by atoms with Gasteiger partial charge in [-0.2, -0.15) is 0 Å². The first-order chi connectivity index (χ1) is 7.04. The highest BCUT2D eigenvalue weighted by Gasteiger charge is 2.18. The van der Waals surface area contributed by atoms with E-state index in [4.69, 9.17) is 28.3 Å².